The SMILES string of the molecule is CC1(C)CC(CCCn2ccc(S(=O)(=O)NC(=O)c3ccc(-n4ccc(OCCC5(C(F)(F)F)CC5)n4)nc3Cl)n2)CN1C(=O)O. The zero-order valence-electron chi connectivity index (χ0n) is 25.0. The number of nitrogens with one attached hydrogen (secondary N) is 1. The third kappa shape index (κ3) is 7.24. The van der Waals surface area contributed by atoms with E-state index in [1.165, 1.54) is 50.9 Å². The minimum absolute atomic E-state index is 0.0792. The summed E-state index contributed by atoms with van der Waals surface area (Å²) in [5.74, 6) is -0.614. The van der Waals surface area contributed by atoms with Crippen LogP contribution in [0, 0.1) is 11.3 Å². The van der Waals surface area contributed by atoms with Crippen molar-refractivity contribution in [3.8, 4) is 11.7 Å². The summed E-state index contributed by atoms with van der Waals surface area (Å²) in [5.41, 5.74) is -2.35. The van der Waals surface area contributed by atoms with Gasteiger partial charge in [0.1, 0.15) is 5.15 Å². The second kappa shape index (κ2) is 12.4. The average Bonchev–Trinajstić information content (AvgIpc) is 3.26. The molecule has 3 aromatic heterocycles. The Morgan fingerprint density at radius 3 is 2.52 bits per heavy atom. The standard InChI is InChI=1S/C28H33ClF3N7O6S/c1-26(2)16-18(17-38(26)25(41)42)4-3-12-37-13-8-22(35-37)46(43,44)36-24(40)19-5-6-20(33-23(19)29)39-14-7-21(34-39)45-15-11-27(9-10-27)28(30,31)32/h5-8,13-14,18H,3-4,9-12,15-17H2,1-2H3,(H,36,40)(H,41,42). The molecule has 2 fully saturated rings. The third-order valence-corrected chi connectivity index (χ3v) is 9.98. The third-order valence-electron chi connectivity index (χ3n) is 8.47. The van der Waals surface area contributed by atoms with E-state index < -0.39 is 39.2 Å². The molecule has 1 aliphatic carbocycles. The van der Waals surface area contributed by atoms with Gasteiger partial charge in [0.2, 0.25) is 5.88 Å². The molecule has 0 aromatic carbocycles. The number of sulfonamides is 1. The number of hydrogen-bond acceptors (Lipinski definition) is 8. The highest BCUT2D eigenvalue weighted by Gasteiger charge is 2.62. The van der Waals surface area contributed by atoms with Crippen molar-refractivity contribution < 1.29 is 41.0 Å². The van der Waals surface area contributed by atoms with Crippen molar-refractivity contribution in [1.82, 2.24) is 34.2 Å². The highest BCUT2D eigenvalue weighted by Crippen LogP contribution is 2.59. The van der Waals surface area contributed by atoms with Gasteiger partial charge in [0.15, 0.2) is 10.8 Å². The number of aryl methyl sites for hydroxylation is 1. The highest BCUT2D eigenvalue weighted by atomic mass is 35.5. The van der Waals surface area contributed by atoms with E-state index in [-0.39, 0.29) is 59.2 Å². The molecule has 2 N–H and O–H groups in total. The van der Waals surface area contributed by atoms with Gasteiger partial charge in [-0.1, -0.05) is 11.6 Å². The lowest BCUT2D eigenvalue weighted by Crippen LogP contribution is -2.41. The number of pyridine rings is 1. The van der Waals surface area contributed by atoms with Gasteiger partial charge in [0.05, 0.1) is 17.6 Å². The fourth-order valence-corrected chi connectivity index (χ4v) is 6.86. The monoisotopic (exact) mass is 687 g/mol. The molecule has 250 valence electrons. The van der Waals surface area contributed by atoms with Crippen molar-refractivity contribution in [1.29, 1.82) is 0 Å². The average molecular weight is 688 g/mol. The predicted molar refractivity (Wildman–Crippen MR) is 157 cm³/mol. The number of alkyl halides is 3. The van der Waals surface area contributed by atoms with Crippen LogP contribution in [0.4, 0.5) is 18.0 Å². The summed E-state index contributed by atoms with van der Waals surface area (Å²) in [6, 6.07) is 5.32. The predicted octanol–water partition coefficient (Wildman–Crippen LogP) is 4.91. The highest BCUT2D eigenvalue weighted by molar-refractivity contribution is 7.90. The maximum Gasteiger partial charge on any atom is 0.407 e. The molecule has 1 saturated carbocycles. The lowest BCUT2D eigenvalue weighted by Gasteiger charge is -2.28. The van der Waals surface area contributed by atoms with Crippen LogP contribution in [0.1, 0.15) is 62.7 Å². The molecule has 2 amide bonds. The van der Waals surface area contributed by atoms with E-state index in [9.17, 15) is 36.3 Å². The molecule has 2 aliphatic rings. The van der Waals surface area contributed by atoms with E-state index in [4.69, 9.17) is 16.3 Å². The fraction of sp³-hybridized carbons (Fsp3) is 0.536. The van der Waals surface area contributed by atoms with E-state index in [0.29, 0.717) is 19.5 Å². The maximum atomic E-state index is 13.1. The van der Waals surface area contributed by atoms with Crippen LogP contribution in [0.15, 0.2) is 41.7 Å². The summed E-state index contributed by atoms with van der Waals surface area (Å²) in [6.07, 6.45) is -0.178. The fourth-order valence-electron chi connectivity index (χ4n) is 5.71. The number of nitrogens with zero attached hydrogens (tertiary/aromatic N) is 6. The zero-order chi connectivity index (χ0) is 33.5. The number of carboxylic acid groups (broad SMARTS) is 1. The Balaban J connectivity index is 1.13. The van der Waals surface area contributed by atoms with E-state index in [2.05, 4.69) is 15.2 Å². The van der Waals surface area contributed by atoms with Gasteiger partial charge in [-0.15, -0.1) is 5.10 Å². The van der Waals surface area contributed by atoms with Gasteiger partial charge in [-0.3, -0.25) is 9.48 Å². The normalized spacial score (nSPS) is 18.8. The van der Waals surface area contributed by atoms with Gasteiger partial charge in [-0.25, -0.2) is 19.2 Å². The summed E-state index contributed by atoms with van der Waals surface area (Å²) >= 11 is 6.20. The van der Waals surface area contributed by atoms with Gasteiger partial charge in [-0.05, 0) is 76.5 Å². The van der Waals surface area contributed by atoms with Gasteiger partial charge in [0.25, 0.3) is 15.9 Å². The Bertz CT molecular complexity index is 1720. The van der Waals surface area contributed by atoms with E-state index in [0.717, 1.165) is 12.8 Å². The van der Waals surface area contributed by atoms with Crippen LogP contribution in [0.3, 0.4) is 0 Å². The molecule has 0 radical (unpaired) electrons. The number of halogens is 4. The van der Waals surface area contributed by atoms with Crippen molar-refractivity contribution >= 4 is 33.6 Å². The minimum Gasteiger partial charge on any atom is -0.477 e. The summed E-state index contributed by atoms with van der Waals surface area (Å²) in [6.45, 7) is 4.46. The van der Waals surface area contributed by atoms with E-state index in [1.54, 1.807) is 0 Å². The summed E-state index contributed by atoms with van der Waals surface area (Å²) in [5, 5.41) is 16.9. The molecular formula is C28H33ClF3N7O6S. The molecular weight excluding hydrogens is 655 g/mol. The summed E-state index contributed by atoms with van der Waals surface area (Å²) in [4.78, 5) is 29.8. The molecule has 13 nitrogen and oxygen atoms in total. The Labute approximate surface area is 267 Å². The molecule has 1 unspecified atom stereocenters. The first kappa shape index (κ1) is 33.5. The van der Waals surface area contributed by atoms with Crippen molar-refractivity contribution in [3.63, 3.8) is 0 Å². The first-order valence-electron chi connectivity index (χ1n) is 14.5. The van der Waals surface area contributed by atoms with Crippen LogP contribution in [0.5, 0.6) is 5.88 Å². The van der Waals surface area contributed by atoms with E-state index >= 15 is 0 Å². The molecule has 1 atom stereocenters. The van der Waals surface area contributed by atoms with Gasteiger partial charge < -0.3 is 14.7 Å². The Morgan fingerprint density at radius 2 is 1.89 bits per heavy atom. The van der Waals surface area contributed by atoms with Crippen molar-refractivity contribution in [2.45, 2.75) is 75.7 Å². The molecule has 46 heavy (non-hydrogen) atoms. The molecule has 3 aromatic rings. The molecule has 1 aliphatic heterocycles. The minimum atomic E-state index is -4.35. The van der Waals surface area contributed by atoms with Gasteiger partial charge >= 0.3 is 12.3 Å². The lowest BCUT2D eigenvalue weighted by molar-refractivity contribution is -0.190. The Kier molecular flexibility index (Phi) is 9.02. The van der Waals surface area contributed by atoms with Gasteiger partial charge in [-0.2, -0.15) is 26.7 Å². The van der Waals surface area contributed by atoms with Crippen molar-refractivity contribution in [2.24, 2.45) is 11.3 Å². The molecule has 0 spiro atoms. The Morgan fingerprint density at radius 1 is 1.15 bits per heavy atom. The number of amides is 2. The number of carbonyl (C=O) groups is 2. The van der Waals surface area contributed by atoms with Crippen LogP contribution in [0.25, 0.3) is 5.82 Å². The molecule has 5 rings (SSSR count). The topological polar surface area (TPSA) is 162 Å². The second-order valence-electron chi connectivity index (χ2n) is 12.3. The number of carbonyl (C=O) groups excluding carboxylic acids is 1. The van der Waals surface area contributed by atoms with Crippen LogP contribution in [-0.2, 0) is 16.6 Å². The molecule has 1 saturated heterocycles. The number of aromatic nitrogens is 5. The lowest BCUT2D eigenvalue weighted by atomic mass is 9.93. The summed E-state index contributed by atoms with van der Waals surface area (Å²) < 4.78 is 75.1. The first-order chi connectivity index (χ1) is 21.5. The quantitative estimate of drug-likeness (QED) is 0.252. The van der Waals surface area contributed by atoms with Crippen LogP contribution < -0.4 is 9.46 Å². The van der Waals surface area contributed by atoms with Crippen LogP contribution in [0.2, 0.25) is 5.15 Å². The Hall–Kier alpha value is -3.86. The van der Waals surface area contributed by atoms with E-state index in [1.807, 2.05) is 18.6 Å². The van der Waals surface area contributed by atoms with Crippen LogP contribution >= 0.6 is 11.6 Å². The molecule has 4 heterocycles. The first-order valence-corrected chi connectivity index (χ1v) is 16.4. The van der Waals surface area contributed by atoms with Crippen molar-refractivity contribution in [3.05, 3.63) is 47.4 Å². The van der Waals surface area contributed by atoms with Crippen molar-refractivity contribution in [2.75, 3.05) is 13.2 Å². The number of hydrogen-bond donors (Lipinski definition) is 2. The number of likely N-dealkylation sites (tertiary alicyclic amines) is 1. The number of ether oxygens (including phenoxy) is 1. The smallest absolute Gasteiger partial charge is 0.407 e. The largest absolute Gasteiger partial charge is 0.477 e. The van der Waals surface area contributed by atoms with Crippen LogP contribution in [-0.4, -0.2) is 79.8 Å². The van der Waals surface area contributed by atoms with Gasteiger partial charge in [0, 0.05) is 37.1 Å². The maximum absolute atomic E-state index is 13.1. The number of rotatable bonds is 12. The molecule has 18 heteroatoms. The summed E-state index contributed by atoms with van der Waals surface area (Å²) in [7, 11) is -4.35. The zero-order valence-corrected chi connectivity index (χ0v) is 26.6. The molecule has 0 bridgehead atoms. The second-order valence-corrected chi connectivity index (χ2v) is 14.2.